The minimum atomic E-state index is -3.85. The van der Waals surface area contributed by atoms with E-state index in [1.807, 2.05) is 5.32 Å². The van der Waals surface area contributed by atoms with Gasteiger partial charge < -0.3 is 5.32 Å². The van der Waals surface area contributed by atoms with Gasteiger partial charge in [-0.1, -0.05) is 6.07 Å². The summed E-state index contributed by atoms with van der Waals surface area (Å²) >= 11 is 5.34. The number of alkyl halides is 1. The quantitative estimate of drug-likeness (QED) is 0.706. The molecular formula is C10H12ClN3O4S. The highest BCUT2D eigenvalue weighted by Crippen LogP contribution is 2.13. The number of rotatable bonds is 4. The summed E-state index contributed by atoms with van der Waals surface area (Å²) in [6.45, 7) is 0. The number of hydrogen-bond donors (Lipinski definition) is 3. The molecule has 3 amide bonds. The minimum absolute atomic E-state index is 0.00615. The van der Waals surface area contributed by atoms with Gasteiger partial charge in [-0.05, 0) is 18.2 Å². The Kier molecular flexibility index (Phi) is 5.28. The van der Waals surface area contributed by atoms with Crippen molar-refractivity contribution < 1.29 is 18.0 Å². The summed E-state index contributed by atoms with van der Waals surface area (Å²) in [5.41, 5.74) is 0.197. The molecular weight excluding hydrogens is 294 g/mol. The molecule has 7 nitrogen and oxygen atoms in total. The molecule has 0 heterocycles. The fourth-order valence-corrected chi connectivity index (χ4v) is 1.92. The van der Waals surface area contributed by atoms with Crippen molar-refractivity contribution in [3.8, 4) is 0 Å². The molecule has 0 bridgehead atoms. The highest BCUT2D eigenvalue weighted by Gasteiger charge is 2.10. The standard InChI is InChI=1S/C10H12ClN3O4S/c11-5-4-9(15)14-10(16)13-7-2-1-3-8(6-7)19(12,17)18/h1-3,6H,4-5H2,(H2,12,17,18)(H2,13,14,15,16). The zero-order valence-electron chi connectivity index (χ0n) is 9.72. The number of halogens is 1. The third-order valence-electron chi connectivity index (χ3n) is 1.99. The number of nitrogens with one attached hydrogen (secondary N) is 2. The van der Waals surface area contributed by atoms with Crippen LogP contribution in [0.4, 0.5) is 10.5 Å². The number of anilines is 1. The van der Waals surface area contributed by atoms with E-state index in [0.717, 1.165) is 0 Å². The lowest BCUT2D eigenvalue weighted by Gasteiger charge is -2.07. The van der Waals surface area contributed by atoms with Crippen molar-refractivity contribution in [2.24, 2.45) is 5.14 Å². The van der Waals surface area contributed by atoms with Crippen LogP contribution in [0.1, 0.15) is 6.42 Å². The summed E-state index contributed by atoms with van der Waals surface area (Å²) < 4.78 is 22.2. The van der Waals surface area contributed by atoms with Gasteiger partial charge in [-0.25, -0.2) is 18.4 Å². The molecule has 0 radical (unpaired) electrons. The number of urea groups is 1. The Morgan fingerprint density at radius 1 is 1.32 bits per heavy atom. The van der Waals surface area contributed by atoms with E-state index in [2.05, 4.69) is 5.32 Å². The van der Waals surface area contributed by atoms with E-state index >= 15 is 0 Å². The fourth-order valence-electron chi connectivity index (χ4n) is 1.19. The summed E-state index contributed by atoms with van der Waals surface area (Å²) in [6.07, 6.45) is 0.00615. The number of amides is 3. The van der Waals surface area contributed by atoms with E-state index in [9.17, 15) is 18.0 Å². The van der Waals surface area contributed by atoms with Gasteiger partial charge in [-0.3, -0.25) is 10.1 Å². The third-order valence-corrected chi connectivity index (χ3v) is 3.09. The molecule has 1 rings (SSSR count). The molecule has 19 heavy (non-hydrogen) atoms. The Morgan fingerprint density at radius 2 is 2.00 bits per heavy atom. The number of nitrogens with two attached hydrogens (primary N) is 1. The molecule has 0 aliphatic rings. The zero-order valence-corrected chi connectivity index (χ0v) is 11.3. The molecule has 1 aromatic rings. The van der Waals surface area contributed by atoms with Crippen molar-refractivity contribution in [1.29, 1.82) is 0 Å². The summed E-state index contributed by atoms with van der Waals surface area (Å²) in [5.74, 6) is -0.435. The maximum absolute atomic E-state index is 11.4. The number of primary sulfonamides is 1. The van der Waals surface area contributed by atoms with E-state index in [1.165, 1.54) is 24.3 Å². The second-order valence-corrected chi connectivity index (χ2v) is 5.45. The van der Waals surface area contributed by atoms with Crippen molar-refractivity contribution >= 4 is 39.2 Å². The van der Waals surface area contributed by atoms with Crippen molar-refractivity contribution in [1.82, 2.24) is 5.32 Å². The van der Waals surface area contributed by atoms with Crippen LogP contribution < -0.4 is 15.8 Å². The lowest BCUT2D eigenvalue weighted by atomic mass is 10.3. The Labute approximate surface area is 115 Å². The third kappa shape index (κ3) is 5.25. The van der Waals surface area contributed by atoms with Crippen LogP contribution in [-0.2, 0) is 14.8 Å². The first-order chi connectivity index (χ1) is 8.82. The number of hydrogen-bond acceptors (Lipinski definition) is 4. The smallest absolute Gasteiger partial charge is 0.308 e. The maximum atomic E-state index is 11.4. The van der Waals surface area contributed by atoms with Crippen LogP contribution in [0, 0.1) is 0 Å². The van der Waals surface area contributed by atoms with Crippen LogP contribution in [-0.4, -0.2) is 26.2 Å². The SMILES string of the molecule is NS(=O)(=O)c1cccc(NC(=O)NC(=O)CCCl)c1. The van der Waals surface area contributed by atoms with Crippen LogP contribution >= 0.6 is 11.6 Å². The highest BCUT2D eigenvalue weighted by molar-refractivity contribution is 7.89. The molecule has 1 aromatic carbocycles. The number of sulfonamides is 1. The van der Waals surface area contributed by atoms with E-state index in [0.29, 0.717) is 0 Å². The van der Waals surface area contributed by atoms with Crippen molar-refractivity contribution in [2.45, 2.75) is 11.3 Å². The normalized spacial score (nSPS) is 10.8. The van der Waals surface area contributed by atoms with Gasteiger partial charge >= 0.3 is 6.03 Å². The number of imide groups is 1. The van der Waals surface area contributed by atoms with E-state index in [-0.39, 0.29) is 22.9 Å². The molecule has 0 unspecified atom stereocenters. The molecule has 0 saturated carbocycles. The fraction of sp³-hybridized carbons (Fsp3) is 0.200. The van der Waals surface area contributed by atoms with Crippen LogP contribution in [0.2, 0.25) is 0 Å². The molecule has 0 atom stereocenters. The van der Waals surface area contributed by atoms with Gasteiger partial charge in [0.2, 0.25) is 15.9 Å². The van der Waals surface area contributed by atoms with Crippen molar-refractivity contribution in [2.75, 3.05) is 11.2 Å². The van der Waals surface area contributed by atoms with Gasteiger partial charge in [0.25, 0.3) is 0 Å². The molecule has 104 valence electrons. The summed E-state index contributed by atoms with van der Waals surface area (Å²) in [6, 6.07) is 4.57. The Hall–Kier alpha value is -1.64. The van der Waals surface area contributed by atoms with E-state index in [1.54, 1.807) is 0 Å². The summed E-state index contributed by atoms with van der Waals surface area (Å²) in [4.78, 5) is 22.3. The molecule has 0 aromatic heterocycles. The van der Waals surface area contributed by atoms with E-state index < -0.39 is 22.0 Å². The molecule has 4 N–H and O–H groups in total. The number of carbonyl (C=O) groups is 2. The van der Waals surface area contributed by atoms with Crippen molar-refractivity contribution in [3.05, 3.63) is 24.3 Å². The van der Waals surface area contributed by atoms with Gasteiger partial charge in [-0.2, -0.15) is 0 Å². The Morgan fingerprint density at radius 3 is 2.58 bits per heavy atom. The van der Waals surface area contributed by atoms with Crippen LogP contribution in [0.5, 0.6) is 0 Å². The highest BCUT2D eigenvalue weighted by atomic mass is 35.5. The monoisotopic (exact) mass is 305 g/mol. The largest absolute Gasteiger partial charge is 0.325 e. The molecule has 0 saturated heterocycles. The van der Waals surface area contributed by atoms with Crippen LogP contribution in [0.25, 0.3) is 0 Å². The molecule has 9 heteroatoms. The Balaban J connectivity index is 2.73. The zero-order chi connectivity index (χ0) is 14.5. The summed E-state index contributed by atoms with van der Waals surface area (Å²) in [7, 11) is -3.85. The van der Waals surface area contributed by atoms with Gasteiger partial charge in [0.15, 0.2) is 0 Å². The average Bonchev–Trinajstić information content (AvgIpc) is 2.28. The molecule has 0 aliphatic heterocycles. The lowest BCUT2D eigenvalue weighted by Crippen LogP contribution is -2.34. The predicted molar refractivity (Wildman–Crippen MR) is 70.3 cm³/mol. The lowest BCUT2D eigenvalue weighted by molar-refractivity contribution is -0.119. The first kappa shape index (κ1) is 15.4. The molecule has 0 spiro atoms. The van der Waals surface area contributed by atoms with Gasteiger partial charge in [0, 0.05) is 18.0 Å². The van der Waals surface area contributed by atoms with Gasteiger partial charge in [0.05, 0.1) is 4.90 Å². The second-order valence-electron chi connectivity index (χ2n) is 3.51. The minimum Gasteiger partial charge on any atom is -0.308 e. The number of carbonyl (C=O) groups excluding carboxylic acids is 2. The van der Waals surface area contributed by atoms with Gasteiger partial charge in [0.1, 0.15) is 0 Å². The Bertz CT molecular complexity index is 588. The molecule has 0 fully saturated rings. The first-order valence-electron chi connectivity index (χ1n) is 5.12. The maximum Gasteiger partial charge on any atom is 0.325 e. The van der Waals surface area contributed by atoms with E-state index in [4.69, 9.17) is 16.7 Å². The molecule has 0 aliphatic carbocycles. The average molecular weight is 306 g/mol. The second kappa shape index (κ2) is 6.50. The first-order valence-corrected chi connectivity index (χ1v) is 7.20. The van der Waals surface area contributed by atoms with Crippen LogP contribution in [0.3, 0.4) is 0 Å². The van der Waals surface area contributed by atoms with Gasteiger partial charge in [-0.15, -0.1) is 11.6 Å². The number of benzene rings is 1. The predicted octanol–water partition coefficient (Wildman–Crippen LogP) is 0.611. The topological polar surface area (TPSA) is 118 Å². The van der Waals surface area contributed by atoms with Crippen molar-refractivity contribution in [3.63, 3.8) is 0 Å². The summed E-state index contributed by atoms with van der Waals surface area (Å²) in [5, 5.41) is 9.30. The van der Waals surface area contributed by atoms with Crippen LogP contribution in [0.15, 0.2) is 29.2 Å².